The molecule has 1 fully saturated rings. The van der Waals surface area contributed by atoms with Crippen molar-refractivity contribution in [1.82, 2.24) is 4.98 Å². The van der Waals surface area contributed by atoms with Crippen LogP contribution in [0, 0.1) is 17.2 Å². The van der Waals surface area contributed by atoms with E-state index in [9.17, 15) is 4.79 Å². The largest absolute Gasteiger partial charge is 0.481 e. The molecule has 94 valence electrons. The van der Waals surface area contributed by atoms with E-state index in [1.165, 1.54) is 0 Å². The molecule has 5 heteroatoms. The van der Waals surface area contributed by atoms with Crippen LogP contribution in [0.5, 0.6) is 0 Å². The fourth-order valence-corrected chi connectivity index (χ4v) is 2.30. The standard InChI is InChI=1S/C13H15N3O2/c14-8-12-7-11(5-6-15-12)16-10-3-1-9(2-4-10)13(17)18/h5-7,9-10H,1-4H2,(H,15,16)(H,17,18). The van der Waals surface area contributed by atoms with E-state index in [4.69, 9.17) is 10.4 Å². The lowest BCUT2D eigenvalue weighted by Gasteiger charge is -2.27. The number of hydrogen-bond donors (Lipinski definition) is 2. The lowest BCUT2D eigenvalue weighted by atomic mass is 9.86. The second-order valence-corrected chi connectivity index (χ2v) is 4.57. The zero-order valence-electron chi connectivity index (χ0n) is 9.97. The Balaban J connectivity index is 1.91. The maximum absolute atomic E-state index is 10.8. The molecule has 1 heterocycles. The molecule has 0 amide bonds. The molecule has 1 aliphatic rings. The molecule has 2 rings (SSSR count). The van der Waals surface area contributed by atoms with Crippen molar-refractivity contribution in [1.29, 1.82) is 5.26 Å². The van der Waals surface area contributed by atoms with Crippen LogP contribution in [0.4, 0.5) is 5.69 Å². The Hall–Kier alpha value is -2.09. The highest BCUT2D eigenvalue weighted by Gasteiger charge is 2.25. The van der Waals surface area contributed by atoms with E-state index in [0.717, 1.165) is 18.5 Å². The van der Waals surface area contributed by atoms with Crippen LogP contribution >= 0.6 is 0 Å². The van der Waals surface area contributed by atoms with Crippen molar-refractivity contribution in [3.05, 3.63) is 24.0 Å². The molecular weight excluding hydrogens is 230 g/mol. The topological polar surface area (TPSA) is 86.0 Å². The predicted molar refractivity (Wildman–Crippen MR) is 66.0 cm³/mol. The maximum Gasteiger partial charge on any atom is 0.306 e. The molecule has 0 radical (unpaired) electrons. The van der Waals surface area contributed by atoms with Gasteiger partial charge in [0.2, 0.25) is 0 Å². The van der Waals surface area contributed by atoms with Gasteiger partial charge in [-0.1, -0.05) is 0 Å². The minimum atomic E-state index is -0.691. The fraction of sp³-hybridized carbons (Fsp3) is 0.462. The van der Waals surface area contributed by atoms with Crippen molar-refractivity contribution >= 4 is 11.7 Å². The lowest BCUT2D eigenvalue weighted by molar-refractivity contribution is -0.142. The van der Waals surface area contributed by atoms with Crippen molar-refractivity contribution in [3.63, 3.8) is 0 Å². The van der Waals surface area contributed by atoms with Crippen LogP contribution in [-0.2, 0) is 4.79 Å². The second kappa shape index (κ2) is 5.50. The third-order valence-electron chi connectivity index (χ3n) is 3.32. The summed E-state index contributed by atoms with van der Waals surface area (Å²) in [7, 11) is 0. The Morgan fingerprint density at radius 1 is 1.44 bits per heavy atom. The normalized spacial score (nSPS) is 23.1. The van der Waals surface area contributed by atoms with E-state index in [1.807, 2.05) is 12.1 Å². The van der Waals surface area contributed by atoms with Gasteiger partial charge in [0.15, 0.2) is 0 Å². The minimum Gasteiger partial charge on any atom is -0.481 e. The van der Waals surface area contributed by atoms with Crippen LogP contribution in [0.25, 0.3) is 0 Å². The highest BCUT2D eigenvalue weighted by Crippen LogP contribution is 2.26. The molecule has 0 spiro atoms. The Morgan fingerprint density at radius 2 is 2.17 bits per heavy atom. The zero-order valence-corrected chi connectivity index (χ0v) is 9.97. The molecule has 0 aromatic carbocycles. The van der Waals surface area contributed by atoms with E-state index in [1.54, 1.807) is 12.3 Å². The average Bonchev–Trinajstić information content (AvgIpc) is 2.39. The van der Waals surface area contributed by atoms with Gasteiger partial charge in [0.1, 0.15) is 11.8 Å². The number of carboxylic acid groups (broad SMARTS) is 1. The van der Waals surface area contributed by atoms with Gasteiger partial charge in [-0.3, -0.25) is 4.79 Å². The van der Waals surface area contributed by atoms with Crippen molar-refractivity contribution in [2.45, 2.75) is 31.7 Å². The first-order valence-corrected chi connectivity index (χ1v) is 6.04. The second-order valence-electron chi connectivity index (χ2n) is 4.57. The van der Waals surface area contributed by atoms with Gasteiger partial charge in [-0.25, -0.2) is 4.98 Å². The molecule has 5 nitrogen and oxygen atoms in total. The fourth-order valence-electron chi connectivity index (χ4n) is 2.30. The number of carboxylic acids is 1. The molecule has 18 heavy (non-hydrogen) atoms. The Morgan fingerprint density at radius 3 is 2.78 bits per heavy atom. The van der Waals surface area contributed by atoms with Crippen LogP contribution < -0.4 is 5.32 Å². The maximum atomic E-state index is 10.8. The number of aliphatic carboxylic acids is 1. The monoisotopic (exact) mass is 245 g/mol. The summed E-state index contributed by atoms with van der Waals surface area (Å²) in [6.07, 6.45) is 4.72. The molecule has 2 N–H and O–H groups in total. The van der Waals surface area contributed by atoms with E-state index in [0.29, 0.717) is 18.5 Å². The molecular formula is C13H15N3O2. The summed E-state index contributed by atoms with van der Waals surface area (Å²) in [5, 5.41) is 21.0. The van der Waals surface area contributed by atoms with Gasteiger partial charge in [0.05, 0.1) is 5.92 Å². The van der Waals surface area contributed by atoms with Crippen molar-refractivity contribution in [2.24, 2.45) is 5.92 Å². The van der Waals surface area contributed by atoms with E-state index in [2.05, 4.69) is 10.3 Å². The quantitative estimate of drug-likeness (QED) is 0.850. The first-order chi connectivity index (χ1) is 8.69. The van der Waals surface area contributed by atoms with Gasteiger partial charge in [-0.05, 0) is 37.8 Å². The summed E-state index contributed by atoms with van der Waals surface area (Å²) in [5.41, 5.74) is 1.26. The van der Waals surface area contributed by atoms with Crippen molar-refractivity contribution < 1.29 is 9.90 Å². The van der Waals surface area contributed by atoms with Crippen molar-refractivity contribution in [2.75, 3.05) is 5.32 Å². The Labute approximate surface area is 105 Å². The zero-order chi connectivity index (χ0) is 13.0. The summed E-state index contributed by atoms with van der Waals surface area (Å²) >= 11 is 0. The van der Waals surface area contributed by atoms with E-state index in [-0.39, 0.29) is 12.0 Å². The summed E-state index contributed by atoms with van der Waals surface area (Å²) in [5.74, 6) is -0.890. The SMILES string of the molecule is N#Cc1cc(NC2CCC(C(=O)O)CC2)ccn1. The molecule has 0 bridgehead atoms. The molecule has 1 aromatic heterocycles. The number of rotatable bonds is 3. The Bertz CT molecular complexity index is 473. The highest BCUT2D eigenvalue weighted by molar-refractivity contribution is 5.70. The van der Waals surface area contributed by atoms with Gasteiger partial charge in [0, 0.05) is 17.9 Å². The first-order valence-electron chi connectivity index (χ1n) is 6.04. The number of hydrogen-bond acceptors (Lipinski definition) is 4. The molecule has 1 aromatic rings. The van der Waals surface area contributed by atoms with Crippen LogP contribution in [0.1, 0.15) is 31.4 Å². The number of carbonyl (C=O) groups is 1. The number of aromatic nitrogens is 1. The van der Waals surface area contributed by atoms with Gasteiger partial charge < -0.3 is 10.4 Å². The summed E-state index contributed by atoms with van der Waals surface area (Å²) in [6, 6.07) is 5.82. The lowest BCUT2D eigenvalue weighted by Crippen LogP contribution is -2.29. The minimum absolute atomic E-state index is 0.199. The highest BCUT2D eigenvalue weighted by atomic mass is 16.4. The number of nitrogens with one attached hydrogen (secondary N) is 1. The summed E-state index contributed by atoms with van der Waals surface area (Å²) in [6.45, 7) is 0. The van der Waals surface area contributed by atoms with Crippen LogP contribution in [0.3, 0.4) is 0 Å². The van der Waals surface area contributed by atoms with E-state index >= 15 is 0 Å². The third kappa shape index (κ3) is 2.98. The molecule has 0 atom stereocenters. The smallest absolute Gasteiger partial charge is 0.306 e. The number of nitrogens with zero attached hydrogens (tertiary/aromatic N) is 2. The van der Waals surface area contributed by atoms with Crippen LogP contribution in [-0.4, -0.2) is 22.1 Å². The summed E-state index contributed by atoms with van der Waals surface area (Å²) < 4.78 is 0. The number of anilines is 1. The van der Waals surface area contributed by atoms with Gasteiger partial charge >= 0.3 is 5.97 Å². The molecule has 1 saturated carbocycles. The van der Waals surface area contributed by atoms with Crippen LogP contribution in [0.2, 0.25) is 0 Å². The van der Waals surface area contributed by atoms with Gasteiger partial charge in [-0.15, -0.1) is 0 Å². The molecule has 1 aliphatic carbocycles. The number of nitriles is 1. The number of pyridine rings is 1. The Kier molecular flexibility index (Phi) is 3.78. The predicted octanol–water partition coefficient (Wildman–Crippen LogP) is 2.01. The molecule has 0 unspecified atom stereocenters. The summed E-state index contributed by atoms with van der Waals surface area (Å²) in [4.78, 5) is 14.7. The van der Waals surface area contributed by atoms with Gasteiger partial charge in [0.25, 0.3) is 0 Å². The first kappa shape index (κ1) is 12.4. The average molecular weight is 245 g/mol. The van der Waals surface area contributed by atoms with Crippen molar-refractivity contribution in [3.8, 4) is 6.07 Å². The third-order valence-corrected chi connectivity index (χ3v) is 3.32. The molecule has 0 saturated heterocycles. The molecule has 0 aliphatic heterocycles. The van der Waals surface area contributed by atoms with E-state index < -0.39 is 5.97 Å². The van der Waals surface area contributed by atoms with Gasteiger partial charge in [-0.2, -0.15) is 5.26 Å². The van der Waals surface area contributed by atoms with Crippen LogP contribution in [0.15, 0.2) is 18.3 Å².